The van der Waals surface area contributed by atoms with Crippen molar-refractivity contribution in [1.82, 2.24) is 0 Å². The van der Waals surface area contributed by atoms with Crippen LogP contribution in [-0.4, -0.2) is 38.8 Å². The van der Waals surface area contributed by atoms with Crippen LogP contribution in [-0.2, 0) is 23.8 Å². The summed E-state index contributed by atoms with van der Waals surface area (Å²) >= 11 is 0. The summed E-state index contributed by atoms with van der Waals surface area (Å²) in [5.74, 6) is -0.467. The Balaban J connectivity index is 2.51. The Morgan fingerprint density at radius 2 is 1.85 bits per heavy atom. The van der Waals surface area contributed by atoms with Gasteiger partial charge in [0.15, 0.2) is 0 Å². The number of hydrogen-bond donors (Lipinski definition) is 1. The van der Waals surface area contributed by atoms with Crippen LogP contribution in [0.5, 0.6) is 0 Å². The predicted molar refractivity (Wildman–Crippen MR) is 71.6 cm³/mol. The fourth-order valence-corrected chi connectivity index (χ4v) is 2.22. The van der Waals surface area contributed by atoms with Crippen molar-refractivity contribution in [2.24, 2.45) is 0 Å². The fourth-order valence-electron chi connectivity index (χ4n) is 1.28. The van der Waals surface area contributed by atoms with Gasteiger partial charge in [-0.25, -0.2) is 0 Å². The van der Waals surface area contributed by atoms with E-state index in [4.69, 9.17) is 4.18 Å². The summed E-state index contributed by atoms with van der Waals surface area (Å²) in [6.07, 6.45) is -0.999. The first-order valence-electron chi connectivity index (χ1n) is 6.15. The third-order valence-corrected chi connectivity index (χ3v) is 3.75. The second-order valence-corrected chi connectivity index (χ2v) is 5.86. The van der Waals surface area contributed by atoms with E-state index in [1.165, 1.54) is 12.1 Å². The van der Waals surface area contributed by atoms with Gasteiger partial charge in [0.25, 0.3) is 10.1 Å². The molecule has 0 radical (unpaired) electrons. The molecule has 0 amide bonds. The topological polar surface area (TPSA) is 89.9 Å². The molecule has 20 heavy (non-hydrogen) atoms. The monoisotopic (exact) mass is 302 g/mol. The molecule has 112 valence electrons. The molecular weight excluding hydrogens is 284 g/mol. The molecule has 6 nitrogen and oxygen atoms in total. The molecule has 1 rings (SSSR count). The lowest BCUT2D eigenvalue weighted by Crippen LogP contribution is -2.25. The van der Waals surface area contributed by atoms with Crippen LogP contribution in [0, 0.1) is 6.92 Å². The number of hydrogen-bond acceptors (Lipinski definition) is 6. The smallest absolute Gasteiger partial charge is 0.305 e. The maximum Gasteiger partial charge on any atom is 0.305 e. The average Bonchev–Trinajstić information content (AvgIpc) is 2.43. The Morgan fingerprint density at radius 1 is 1.25 bits per heavy atom. The van der Waals surface area contributed by atoms with Crippen molar-refractivity contribution < 1.29 is 27.2 Å². The number of esters is 1. The van der Waals surface area contributed by atoms with Crippen LogP contribution < -0.4 is 0 Å². The highest BCUT2D eigenvalue weighted by Gasteiger charge is 2.18. The third-order valence-electron chi connectivity index (χ3n) is 2.45. The molecule has 0 saturated heterocycles. The Morgan fingerprint density at radius 3 is 2.40 bits per heavy atom. The molecule has 0 aliphatic heterocycles. The standard InChI is InChI=1S/C13H18O6S/c1-3-13(15)18-8-11(14)9-19-20(16,17)12-6-4-10(2)5-7-12/h4-7,11,14H,3,8-9H2,1-2H3/t11-/m0/s1. The van der Waals surface area contributed by atoms with Crippen molar-refractivity contribution in [1.29, 1.82) is 0 Å². The van der Waals surface area contributed by atoms with Gasteiger partial charge in [-0.1, -0.05) is 24.6 Å². The molecule has 0 unspecified atom stereocenters. The maximum atomic E-state index is 11.8. The molecule has 1 atom stereocenters. The number of rotatable bonds is 7. The normalized spacial score (nSPS) is 12.9. The number of aliphatic hydroxyl groups excluding tert-OH is 1. The first kappa shape index (κ1) is 16.6. The van der Waals surface area contributed by atoms with Gasteiger partial charge in [0.05, 0.1) is 11.5 Å². The summed E-state index contributed by atoms with van der Waals surface area (Å²) in [4.78, 5) is 10.9. The zero-order valence-electron chi connectivity index (χ0n) is 11.4. The minimum atomic E-state index is -3.92. The van der Waals surface area contributed by atoms with E-state index < -0.39 is 28.8 Å². The largest absolute Gasteiger partial charge is 0.463 e. The molecule has 0 heterocycles. The van der Waals surface area contributed by atoms with Crippen LogP contribution in [0.1, 0.15) is 18.9 Å². The van der Waals surface area contributed by atoms with E-state index in [0.29, 0.717) is 0 Å². The molecule has 0 bridgehead atoms. The lowest BCUT2D eigenvalue weighted by Gasteiger charge is -2.11. The van der Waals surface area contributed by atoms with Gasteiger partial charge in [0.2, 0.25) is 0 Å². The van der Waals surface area contributed by atoms with Crippen molar-refractivity contribution in [3.8, 4) is 0 Å². The quantitative estimate of drug-likeness (QED) is 0.597. The van der Waals surface area contributed by atoms with Gasteiger partial charge in [-0.05, 0) is 19.1 Å². The number of aliphatic hydroxyl groups is 1. The van der Waals surface area contributed by atoms with E-state index in [9.17, 15) is 18.3 Å². The van der Waals surface area contributed by atoms with Crippen molar-refractivity contribution in [2.75, 3.05) is 13.2 Å². The van der Waals surface area contributed by atoms with Gasteiger partial charge in [-0.2, -0.15) is 8.42 Å². The number of aryl methyl sites for hydroxylation is 1. The van der Waals surface area contributed by atoms with Crippen LogP contribution in [0.15, 0.2) is 29.2 Å². The van der Waals surface area contributed by atoms with E-state index in [1.54, 1.807) is 19.1 Å². The highest BCUT2D eigenvalue weighted by molar-refractivity contribution is 7.86. The lowest BCUT2D eigenvalue weighted by atomic mass is 10.2. The SMILES string of the molecule is CCC(=O)OC[C@H](O)COS(=O)(=O)c1ccc(C)cc1. The number of carbonyl (C=O) groups excluding carboxylic acids is 1. The molecule has 1 aromatic carbocycles. The summed E-state index contributed by atoms with van der Waals surface area (Å²) in [5.41, 5.74) is 0.926. The Hall–Kier alpha value is -1.44. The van der Waals surface area contributed by atoms with Crippen LogP contribution >= 0.6 is 0 Å². The lowest BCUT2D eigenvalue weighted by molar-refractivity contribution is -0.146. The van der Waals surface area contributed by atoms with Gasteiger partial charge in [0, 0.05) is 6.42 Å². The third kappa shape index (κ3) is 5.28. The molecule has 0 fully saturated rings. The van der Waals surface area contributed by atoms with Gasteiger partial charge < -0.3 is 9.84 Å². The minimum absolute atomic E-state index is 0.0147. The number of benzene rings is 1. The van der Waals surface area contributed by atoms with Crippen LogP contribution in [0.2, 0.25) is 0 Å². The van der Waals surface area contributed by atoms with Gasteiger partial charge in [-0.15, -0.1) is 0 Å². The Bertz CT molecular complexity index is 534. The summed E-state index contributed by atoms with van der Waals surface area (Å²) < 4.78 is 33.0. The predicted octanol–water partition coefficient (Wildman–Crippen LogP) is 1.01. The van der Waals surface area contributed by atoms with Crippen molar-refractivity contribution in [3.05, 3.63) is 29.8 Å². The molecule has 0 spiro atoms. The Kier molecular flexibility index (Phi) is 6.12. The zero-order valence-corrected chi connectivity index (χ0v) is 12.2. The zero-order chi connectivity index (χ0) is 15.2. The van der Waals surface area contributed by atoms with E-state index in [-0.39, 0.29) is 17.9 Å². The minimum Gasteiger partial charge on any atom is -0.463 e. The van der Waals surface area contributed by atoms with Crippen LogP contribution in [0.4, 0.5) is 0 Å². The fraction of sp³-hybridized carbons (Fsp3) is 0.462. The molecule has 0 aliphatic rings. The summed E-state index contributed by atoms with van der Waals surface area (Å²) in [6.45, 7) is 2.69. The Labute approximate surface area is 118 Å². The van der Waals surface area contributed by atoms with Gasteiger partial charge in [-0.3, -0.25) is 8.98 Å². The molecule has 0 aromatic heterocycles. The second kappa shape index (κ2) is 7.37. The highest BCUT2D eigenvalue weighted by atomic mass is 32.2. The summed E-state index contributed by atoms with van der Waals surface area (Å²) in [7, 11) is -3.92. The van der Waals surface area contributed by atoms with Crippen LogP contribution in [0.3, 0.4) is 0 Å². The van der Waals surface area contributed by atoms with E-state index in [1.807, 2.05) is 6.92 Å². The van der Waals surface area contributed by atoms with Gasteiger partial charge >= 0.3 is 5.97 Å². The summed E-state index contributed by atoms with van der Waals surface area (Å²) in [6, 6.07) is 6.15. The molecule has 1 N–H and O–H groups in total. The highest BCUT2D eigenvalue weighted by Crippen LogP contribution is 2.13. The second-order valence-electron chi connectivity index (χ2n) is 4.24. The molecule has 0 saturated carbocycles. The molecular formula is C13H18O6S. The molecule has 7 heteroatoms. The van der Waals surface area contributed by atoms with E-state index >= 15 is 0 Å². The van der Waals surface area contributed by atoms with Crippen LogP contribution in [0.25, 0.3) is 0 Å². The van der Waals surface area contributed by atoms with E-state index in [2.05, 4.69) is 4.74 Å². The van der Waals surface area contributed by atoms with Gasteiger partial charge in [0.1, 0.15) is 12.7 Å². The summed E-state index contributed by atoms with van der Waals surface area (Å²) in [5, 5.41) is 9.48. The molecule has 1 aromatic rings. The van der Waals surface area contributed by atoms with Crippen molar-refractivity contribution >= 4 is 16.1 Å². The van der Waals surface area contributed by atoms with E-state index in [0.717, 1.165) is 5.56 Å². The molecule has 0 aliphatic carbocycles. The number of carbonyl (C=O) groups is 1. The first-order valence-corrected chi connectivity index (χ1v) is 7.55. The van der Waals surface area contributed by atoms with Crippen molar-refractivity contribution in [2.45, 2.75) is 31.3 Å². The van der Waals surface area contributed by atoms with Crippen molar-refractivity contribution in [3.63, 3.8) is 0 Å². The number of ether oxygens (including phenoxy) is 1. The average molecular weight is 302 g/mol. The maximum absolute atomic E-state index is 11.8. The first-order chi connectivity index (χ1) is 9.35.